The highest BCUT2D eigenvalue weighted by atomic mass is 32.2. The number of benzene rings is 2. The molecule has 0 unspecified atom stereocenters. The fourth-order valence-corrected chi connectivity index (χ4v) is 5.09. The van der Waals surface area contributed by atoms with Crippen LogP contribution in [0.15, 0.2) is 53.7 Å². The second kappa shape index (κ2) is 11.1. The van der Waals surface area contributed by atoms with E-state index in [0.717, 1.165) is 11.1 Å². The summed E-state index contributed by atoms with van der Waals surface area (Å²) in [6.07, 6.45) is -1.08. The number of hydrogen-bond acceptors (Lipinski definition) is 5. The third-order valence-corrected chi connectivity index (χ3v) is 7.10. The Bertz CT molecular complexity index is 1380. The van der Waals surface area contributed by atoms with Crippen LogP contribution in [0.3, 0.4) is 0 Å². The van der Waals surface area contributed by atoms with Crippen molar-refractivity contribution in [3.8, 4) is 17.1 Å². The van der Waals surface area contributed by atoms with Crippen LogP contribution >= 0.6 is 11.8 Å². The number of imidazole rings is 1. The van der Waals surface area contributed by atoms with Crippen molar-refractivity contribution in [3.05, 3.63) is 70.9 Å². The molecule has 0 fully saturated rings. The highest BCUT2D eigenvalue weighted by Gasteiger charge is 2.39. The van der Waals surface area contributed by atoms with Gasteiger partial charge in [0.05, 0.1) is 24.3 Å². The standard InChI is InChI=1S/C28H30F3N3O2S/c1-17(2)18-8-10-19(11-9-18)26-33-24-23(28(29,30)31)21(15-20-7-6-12-32-27(20)37-5)16-22(36-4)25(24)34(26)13-14-35-3/h6-12,16-17H,13-15H2,1-5H3. The summed E-state index contributed by atoms with van der Waals surface area (Å²) in [6.45, 7) is 4.81. The molecule has 4 aromatic rings. The Hall–Kier alpha value is -3.04. The van der Waals surface area contributed by atoms with Crippen molar-refractivity contribution in [1.82, 2.24) is 14.5 Å². The first-order valence-electron chi connectivity index (χ1n) is 11.9. The summed E-state index contributed by atoms with van der Waals surface area (Å²) in [4.78, 5) is 8.93. The van der Waals surface area contributed by atoms with Crippen LogP contribution in [0.1, 0.15) is 42.0 Å². The minimum absolute atomic E-state index is 0.0501. The van der Waals surface area contributed by atoms with Crippen molar-refractivity contribution in [2.45, 2.75) is 43.9 Å². The van der Waals surface area contributed by atoms with Gasteiger partial charge in [-0.2, -0.15) is 13.2 Å². The van der Waals surface area contributed by atoms with E-state index in [1.807, 2.05) is 30.5 Å². The molecular weight excluding hydrogens is 499 g/mol. The first-order valence-corrected chi connectivity index (χ1v) is 13.2. The Labute approximate surface area is 219 Å². The van der Waals surface area contributed by atoms with Crippen molar-refractivity contribution in [1.29, 1.82) is 0 Å². The molecule has 0 spiro atoms. The minimum atomic E-state index is -4.62. The van der Waals surface area contributed by atoms with Crippen LogP contribution < -0.4 is 4.74 Å². The molecule has 0 atom stereocenters. The molecule has 9 heteroatoms. The normalized spacial score (nSPS) is 12.0. The number of pyridine rings is 1. The zero-order chi connectivity index (χ0) is 26.7. The monoisotopic (exact) mass is 529 g/mol. The lowest BCUT2D eigenvalue weighted by Gasteiger charge is -2.17. The van der Waals surface area contributed by atoms with E-state index in [-0.39, 0.29) is 17.5 Å². The maximum absolute atomic E-state index is 14.7. The summed E-state index contributed by atoms with van der Waals surface area (Å²) < 4.78 is 56.8. The first-order chi connectivity index (χ1) is 17.7. The Morgan fingerprint density at radius 2 is 1.78 bits per heavy atom. The molecule has 0 N–H and O–H groups in total. The molecule has 0 saturated heterocycles. The average molecular weight is 530 g/mol. The number of methoxy groups -OCH3 is 2. The number of alkyl halides is 3. The van der Waals surface area contributed by atoms with Crippen LogP contribution in [0.5, 0.6) is 5.75 Å². The summed E-state index contributed by atoms with van der Waals surface area (Å²) >= 11 is 1.40. The van der Waals surface area contributed by atoms with Gasteiger partial charge in [-0.3, -0.25) is 0 Å². The van der Waals surface area contributed by atoms with Gasteiger partial charge in [0.15, 0.2) is 0 Å². The summed E-state index contributed by atoms with van der Waals surface area (Å²) in [6, 6.07) is 12.8. The molecule has 2 aromatic carbocycles. The summed E-state index contributed by atoms with van der Waals surface area (Å²) in [5.74, 6) is 1.11. The lowest BCUT2D eigenvalue weighted by atomic mass is 9.98. The van der Waals surface area contributed by atoms with Gasteiger partial charge in [-0.05, 0) is 41.0 Å². The number of rotatable bonds is 9. The first kappa shape index (κ1) is 27.0. The number of ether oxygens (including phenoxy) is 2. The van der Waals surface area contributed by atoms with Crippen molar-refractivity contribution in [3.63, 3.8) is 0 Å². The zero-order valence-corrected chi connectivity index (χ0v) is 22.3. The summed E-state index contributed by atoms with van der Waals surface area (Å²) in [5.41, 5.74) is 2.09. The quantitative estimate of drug-likeness (QED) is 0.215. The molecular formula is C28H30F3N3O2S. The van der Waals surface area contributed by atoms with Crippen LogP contribution in [-0.4, -0.2) is 41.6 Å². The van der Waals surface area contributed by atoms with Crippen molar-refractivity contribution < 1.29 is 22.6 Å². The van der Waals surface area contributed by atoms with Crippen molar-refractivity contribution in [2.75, 3.05) is 27.1 Å². The minimum Gasteiger partial charge on any atom is -0.494 e. The lowest BCUT2D eigenvalue weighted by Crippen LogP contribution is -2.12. The second-order valence-corrected chi connectivity index (χ2v) is 9.81. The number of fused-ring (bicyclic) bond motifs is 1. The van der Waals surface area contributed by atoms with Crippen LogP contribution in [-0.2, 0) is 23.9 Å². The van der Waals surface area contributed by atoms with Gasteiger partial charge in [0.1, 0.15) is 22.6 Å². The molecule has 2 aromatic heterocycles. The molecule has 0 bridgehead atoms. The Morgan fingerprint density at radius 3 is 2.38 bits per heavy atom. The molecule has 196 valence electrons. The van der Waals surface area contributed by atoms with E-state index in [2.05, 4.69) is 23.8 Å². The maximum atomic E-state index is 14.7. The van der Waals surface area contributed by atoms with Crippen LogP contribution in [0.25, 0.3) is 22.4 Å². The number of nitrogens with zero attached hydrogens (tertiary/aromatic N) is 3. The molecule has 0 saturated carbocycles. The van der Waals surface area contributed by atoms with Gasteiger partial charge < -0.3 is 14.0 Å². The SMILES string of the molecule is COCCn1c(-c2ccc(C(C)C)cc2)nc2c(C(F)(F)F)c(Cc3cccnc3SC)cc(OC)c21. The van der Waals surface area contributed by atoms with E-state index in [9.17, 15) is 13.2 Å². The molecule has 0 aliphatic carbocycles. The summed E-state index contributed by atoms with van der Waals surface area (Å²) in [5, 5.41) is 0.686. The molecule has 0 aliphatic rings. The smallest absolute Gasteiger partial charge is 0.418 e. The lowest BCUT2D eigenvalue weighted by molar-refractivity contribution is -0.137. The van der Waals surface area contributed by atoms with Crippen LogP contribution in [0, 0.1) is 0 Å². The topological polar surface area (TPSA) is 49.2 Å². The maximum Gasteiger partial charge on any atom is 0.418 e. The van der Waals surface area contributed by atoms with E-state index in [1.165, 1.54) is 24.9 Å². The van der Waals surface area contributed by atoms with Gasteiger partial charge in [-0.15, -0.1) is 11.8 Å². The van der Waals surface area contributed by atoms with Gasteiger partial charge in [0.2, 0.25) is 0 Å². The van der Waals surface area contributed by atoms with Crippen molar-refractivity contribution in [2.24, 2.45) is 0 Å². The average Bonchev–Trinajstić information content (AvgIpc) is 3.25. The number of hydrogen-bond donors (Lipinski definition) is 0. The van der Waals surface area contributed by atoms with Crippen LogP contribution in [0.4, 0.5) is 13.2 Å². The van der Waals surface area contributed by atoms with Gasteiger partial charge in [0.25, 0.3) is 0 Å². The Morgan fingerprint density at radius 1 is 1.05 bits per heavy atom. The van der Waals surface area contributed by atoms with Gasteiger partial charge in [-0.1, -0.05) is 44.2 Å². The van der Waals surface area contributed by atoms with Crippen molar-refractivity contribution >= 4 is 22.8 Å². The second-order valence-electron chi connectivity index (χ2n) is 9.01. The molecule has 37 heavy (non-hydrogen) atoms. The summed E-state index contributed by atoms with van der Waals surface area (Å²) in [7, 11) is 3.03. The fraction of sp³-hybridized carbons (Fsp3) is 0.357. The van der Waals surface area contributed by atoms with Crippen LogP contribution in [0.2, 0.25) is 0 Å². The van der Waals surface area contributed by atoms with E-state index < -0.39 is 11.7 Å². The molecule has 2 heterocycles. The zero-order valence-electron chi connectivity index (χ0n) is 21.5. The molecule has 0 amide bonds. The van der Waals surface area contributed by atoms with E-state index in [4.69, 9.17) is 9.47 Å². The van der Waals surface area contributed by atoms with E-state index in [0.29, 0.717) is 46.7 Å². The third-order valence-electron chi connectivity index (χ3n) is 6.35. The largest absolute Gasteiger partial charge is 0.494 e. The molecule has 4 rings (SSSR count). The van der Waals surface area contributed by atoms with E-state index in [1.54, 1.807) is 30.0 Å². The predicted molar refractivity (Wildman–Crippen MR) is 142 cm³/mol. The predicted octanol–water partition coefficient (Wildman–Crippen LogP) is 7.21. The molecule has 0 radical (unpaired) electrons. The number of thioether (sulfide) groups is 1. The Balaban J connectivity index is 2.01. The molecule has 0 aliphatic heterocycles. The third kappa shape index (κ3) is 5.48. The van der Waals surface area contributed by atoms with Gasteiger partial charge >= 0.3 is 6.18 Å². The van der Waals surface area contributed by atoms with Gasteiger partial charge in [-0.25, -0.2) is 9.97 Å². The number of aromatic nitrogens is 3. The van der Waals surface area contributed by atoms with E-state index >= 15 is 0 Å². The Kier molecular flexibility index (Phi) is 8.14. The number of halogens is 3. The van der Waals surface area contributed by atoms with Gasteiger partial charge in [0, 0.05) is 31.8 Å². The molecule has 5 nitrogen and oxygen atoms in total. The highest BCUT2D eigenvalue weighted by molar-refractivity contribution is 7.98. The fourth-order valence-electron chi connectivity index (χ4n) is 4.52. The highest BCUT2D eigenvalue weighted by Crippen LogP contribution is 2.43.